The van der Waals surface area contributed by atoms with Crippen LogP contribution in [0.15, 0.2) is 18.5 Å². The average Bonchev–Trinajstić information content (AvgIpc) is 2.71. The molecule has 2 rings (SSSR count). The van der Waals surface area contributed by atoms with Gasteiger partial charge in [-0.25, -0.2) is 19.4 Å². The third-order valence-corrected chi connectivity index (χ3v) is 1.91. The topological polar surface area (TPSA) is 131 Å². The molecule has 0 saturated carbocycles. The Balaban J connectivity index is 2.50. The molecule has 8 heteroatoms. The maximum atomic E-state index is 10.7. The van der Waals surface area contributed by atoms with Gasteiger partial charge in [0.2, 0.25) is 0 Å². The highest BCUT2D eigenvalue weighted by Gasteiger charge is 2.15. The Bertz CT molecular complexity index is 627. The summed E-state index contributed by atoms with van der Waals surface area (Å²) in [5.74, 6) is -1.15. The molecule has 0 aliphatic carbocycles. The van der Waals surface area contributed by atoms with Gasteiger partial charge in [-0.1, -0.05) is 0 Å². The van der Waals surface area contributed by atoms with Crippen molar-refractivity contribution in [1.82, 2.24) is 19.7 Å². The summed E-state index contributed by atoms with van der Waals surface area (Å²) in [5, 5.41) is 21.2. The molecule has 0 fully saturated rings. The smallest absolute Gasteiger partial charge is 0.358 e. The lowest BCUT2D eigenvalue weighted by Gasteiger charge is -1.97. The van der Waals surface area contributed by atoms with E-state index in [4.69, 9.17) is 16.1 Å². The second kappa shape index (κ2) is 3.90. The number of nitrogen functional groups attached to an aromatic ring is 1. The largest absolute Gasteiger partial charge is 0.476 e. The number of nitriles is 1. The molecule has 8 nitrogen and oxygen atoms in total. The number of anilines is 1. The predicted molar refractivity (Wildman–Crippen MR) is 55.2 cm³/mol. The van der Waals surface area contributed by atoms with E-state index in [0.29, 0.717) is 0 Å². The molecule has 2 aromatic heterocycles. The zero-order valence-corrected chi connectivity index (χ0v) is 8.40. The predicted octanol–water partition coefficient (Wildman–Crippen LogP) is -0.186. The number of hydrogen-bond donors (Lipinski definition) is 2. The lowest BCUT2D eigenvalue weighted by molar-refractivity contribution is 0.0691. The van der Waals surface area contributed by atoms with Crippen LogP contribution in [0.25, 0.3) is 5.95 Å². The Morgan fingerprint density at radius 2 is 2.35 bits per heavy atom. The molecule has 2 heterocycles. The van der Waals surface area contributed by atoms with Crippen LogP contribution in [0, 0.1) is 11.3 Å². The molecule has 0 aliphatic heterocycles. The Morgan fingerprint density at radius 1 is 1.59 bits per heavy atom. The van der Waals surface area contributed by atoms with Gasteiger partial charge >= 0.3 is 5.97 Å². The summed E-state index contributed by atoms with van der Waals surface area (Å²) in [5.41, 5.74) is 5.34. The summed E-state index contributed by atoms with van der Waals surface area (Å²) in [7, 11) is 0. The normalized spacial score (nSPS) is 9.82. The first-order chi connectivity index (χ1) is 8.11. The molecule has 0 amide bonds. The highest BCUT2D eigenvalue weighted by molar-refractivity contribution is 5.91. The van der Waals surface area contributed by atoms with E-state index in [1.165, 1.54) is 18.5 Å². The summed E-state index contributed by atoms with van der Waals surface area (Å²) in [4.78, 5) is 18.5. The first kappa shape index (κ1) is 10.6. The standard InChI is InChI=1S/C9H6N6O2/c10-3-5-1-2-12-9(13-5)15-4-6(11)7(14-15)8(16)17/h1-2,4H,11H2,(H,16,17). The lowest BCUT2D eigenvalue weighted by atomic mass is 10.4. The van der Waals surface area contributed by atoms with E-state index in [9.17, 15) is 4.79 Å². The maximum absolute atomic E-state index is 10.7. The minimum Gasteiger partial charge on any atom is -0.476 e. The highest BCUT2D eigenvalue weighted by Crippen LogP contribution is 2.11. The fourth-order valence-corrected chi connectivity index (χ4v) is 1.18. The van der Waals surface area contributed by atoms with Gasteiger partial charge in [-0.05, 0) is 6.07 Å². The van der Waals surface area contributed by atoms with Crippen LogP contribution in [0.5, 0.6) is 0 Å². The van der Waals surface area contributed by atoms with Crippen molar-refractivity contribution in [3.8, 4) is 12.0 Å². The number of carboxylic acids is 1. The van der Waals surface area contributed by atoms with Crippen molar-refractivity contribution in [3.63, 3.8) is 0 Å². The van der Waals surface area contributed by atoms with E-state index < -0.39 is 5.97 Å². The van der Waals surface area contributed by atoms with Crippen LogP contribution in [0.2, 0.25) is 0 Å². The van der Waals surface area contributed by atoms with Crippen molar-refractivity contribution in [2.24, 2.45) is 0 Å². The molecule has 17 heavy (non-hydrogen) atoms. The second-order valence-electron chi connectivity index (χ2n) is 3.04. The lowest BCUT2D eigenvalue weighted by Crippen LogP contribution is -2.05. The van der Waals surface area contributed by atoms with Gasteiger partial charge in [0.05, 0.1) is 11.9 Å². The van der Waals surface area contributed by atoms with E-state index in [1.54, 1.807) is 0 Å². The van der Waals surface area contributed by atoms with Gasteiger partial charge in [0.1, 0.15) is 11.8 Å². The van der Waals surface area contributed by atoms with Crippen molar-refractivity contribution in [2.75, 3.05) is 5.73 Å². The Morgan fingerprint density at radius 3 is 2.94 bits per heavy atom. The monoisotopic (exact) mass is 230 g/mol. The van der Waals surface area contributed by atoms with Gasteiger partial charge in [0.15, 0.2) is 5.69 Å². The summed E-state index contributed by atoms with van der Waals surface area (Å²) < 4.78 is 1.11. The van der Waals surface area contributed by atoms with Gasteiger partial charge in [0.25, 0.3) is 5.95 Å². The number of hydrogen-bond acceptors (Lipinski definition) is 6. The van der Waals surface area contributed by atoms with Gasteiger partial charge in [-0.3, -0.25) is 0 Å². The summed E-state index contributed by atoms with van der Waals surface area (Å²) in [6.45, 7) is 0. The molecule has 84 valence electrons. The number of aromatic carboxylic acids is 1. The zero-order valence-electron chi connectivity index (χ0n) is 8.40. The Kier molecular flexibility index (Phi) is 2.42. The minimum atomic E-state index is -1.24. The second-order valence-corrected chi connectivity index (χ2v) is 3.04. The third-order valence-electron chi connectivity index (χ3n) is 1.91. The number of carbonyl (C=O) groups is 1. The molecular formula is C9H6N6O2. The highest BCUT2D eigenvalue weighted by atomic mass is 16.4. The quantitative estimate of drug-likeness (QED) is 0.731. The molecule has 0 bridgehead atoms. The van der Waals surface area contributed by atoms with E-state index in [1.807, 2.05) is 6.07 Å². The van der Waals surface area contributed by atoms with Crippen molar-refractivity contribution in [2.45, 2.75) is 0 Å². The van der Waals surface area contributed by atoms with E-state index in [0.717, 1.165) is 4.68 Å². The molecule has 0 unspecified atom stereocenters. The van der Waals surface area contributed by atoms with Crippen LogP contribution < -0.4 is 5.73 Å². The van der Waals surface area contributed by atoms with Crippen LogP contribution in [-0.2, 0) is 0 Å². The van der Waals surface area contributed by atoms with E-state index in [2.05, 4.69) is 15.1 Å². The van der Waals surface area contributed by atoms with Gasteiger partial charge in [0, 0.05) is 6.20 Å². The SMILES string of the molecule is N#Cc1ccnc(-n2cc(N)c(C(=O)O)n2)n1. The number of nitrogens with two attached hydrogens (primary N) is 1. The van der Waals surface area contributed by atoms with Gasteiger partial charge in [-0.15, -0.1) is 0 Å². The van der Waals surface area contributed by atoms with Crippen molar-refractivity contribution < 1.29 is 9.90 Å². The molecule has 0 radical (unpaired) electrons. The van der Waals surface area contributed by atoms with Crippen molar-refractivity contribution in [1.29, 1.82) is 5.26 Å². The number of nitrogens with zero attached hydrogens (tertiary/aromatic N) is 5. The first-order valence-electron chi connectivity index (χ1n) is 4.44. The van der Waals surface area contributed by atoms with Gasteiger partial charge < -0.3 is 10.8 Å². The van der Waals surface area contributed by atoms with Gasteiger partial charge in [-0.2, -0.15) is 10.4 Å². The molecule has 3 N–H and O–H groups in total. The zero-order chi connectivity index (χ0) is 12.4. The van der Waals surface area contributed by atoms with Crippen LogP contribution >= 0.6 is 0 Å². The molecule has 0 saturated heterocycles. The van der Waals surface area contributed by atoms with Crippen LogP contribution in [0.1, 0.15) is 16.2 Å². The Labute approximate surface area is 95.0 Å². The fourth-order valence-electron chi connectivity index (χ4n) is 1.18. The number of rotatable bonds is 2. The molecular weight excluding hydrogens is 224 g/mol. The third kappa shape index (κ3) is 1.89. The fraction of sp³-hybridized carbons (Fsp3) is 0. The van der Waals surface area contributed by atoms with Crippen LogP contribution in [-0.4, -0.2) is 30.8 Å². The number of carboxylic acid groups (broad SMARTS) is 1. The Hall–Kier alpha value is -2.95. The molecule has 2 aromatic rings. The maximum Gasteiger partial charge on any atom is 0.358 e. The summed E-state index contributed by atoms with van der Waals surface area (Å²) in [6.07, 6.45) is 2.65. The van der Waals surface area contributed by atoms with Crippen molar-refractivity contribution >= 4 is 11.7 Å². The van der Waals surface area contributed by atoms with E-state index in [-0.39, 0.29) is 23.0 Å². The minimum absolute atomic E-state index is 0.00320. The van der Waals surface area contributed by atoms with Crippen LogP contribution in [0.4, 0.5) is 5.69 Å². The average molecular weight is 230 g/mol. The van der Waals surface area contributed by atoms with Crippen molar-refractivity contribution in [3.05, 3.63) is 29.8 Å². The molecule has 0 spiro atoms. The molecule has 0 aromatic carbocycles. The summed E-state index contributed by atoms with van der Waals surface area (Å²) in [6, 6.07) is 3.27. The molecule has 0 atom stereocenters. The summed E-state index contributed by atoms with van der Waals surface area (Å²) >= 11 is 0. The number of aromatic nitrogens is 4. The van der Waals surface area contributed by atoms with E-state index >= 15 is 0 Å². The van der Waals surface area contributed by atoms with Crippen LogP contribution in [0.3, 0.4) is 0 Å². The first-order valence-corrected chi connectivity index (χ1v) is 4.44. The molecule has 0 aliphatic rings.